The van der Waals surface area contributed by atoms with Crippen molar-refractivity contribution in [3.63, 3.8) is 0 Å². The minimum Gasteiger partial charge on any atom is -0.442 e. The van der Waals surface area contributed by atoms with Gasteiger partial charge in [-0.1, -0.05) is 0 Å². The zero-order valence-electron chi connectivity index (χ0n) is 12.4. The van der Waals surface area contributed by atoms with Gasteiger partial charge < -0.3 is 14.4 Å². The van der Waals surface area contributed by atoms with E-state index < -0.39 is 6.09 Å². The van der Waals surface area contributed by atoms with Crippen LogP contribution in [-0.2, 0) is 9.47 Å². The molecule has 1 aromatic carbocycles. The van der Waals surface area contributed by atoms with Gasteiger partial charge in [0, 0.05) is 13.1 Å². The van der Waals surface area contributed by atoms with Crippen LogP contribution in [0.2, 0.25) is 0 Å². The molecular weight excluding hydrogens is 321 g/mol. The van der Waals surface area contributed by atoms with E-state index >= 15 is 0 Å². The number of carbonyl (C=O) groups excluding carboxylic acids is 1. The minimum atomic E-state index is -0.506. The number of thiocarbonyl (C=S) groups is 1. The topological polar surface area (TPSA) is 54.4 Å². The highest BCUT2D eigenvalue weighted by Gasteiger charge is 2.32. The number of cyclic esters (lactones) is 1. The van der Waals surface area contributed by atoms with E-state index in [2.05, 4.69) is 22.4 Å². The Hall–Kier alpha value is -2.02. The maximum Gasteiger partial charge on any atom is 0.414 e. The quantitative estimate of drug-likeness (QED) is 0.622. The number of morpholine rings is 1. The fourth-order valence-corrected chi connectivity index (χ4v) is 2.77. The van der Waals surface area contributed by atoms with Crippen LogP contribution >= 0.6 is 12.2 Å². The highest BCUT2D eigenvalue weighted by Crippen LogP contribution is 2.28. The molecule has 0 radical (unpaired) electrons. The molecule has 2 heterocycles. The molecule has 2 aliphatic rings. The molecule has 8 heteroatoms. The summed E-state index contributed by atoms with van der Waals surface area (Å²) < 4.78 is 24.9. The van der Waals surface area contributed by atoms with E-state index in [-0.39, 0.29) is 18.5 Å². The molecule has 2 fully saturated rings. The standard InChI is InChI=1S/C15H16FN3O3S/c16-13-7-11(1-2-14(13)18-3-5-21-6-4-18)19-9-12(8-17-10-23)22-15(19)20/h1-2,7,12H,3-6,8-9H2/t12-/m0/s1. The number of carbonyl (C=O) groups is 1. The Bertz CT molecular complexity index is 645. The molecule has 1 amide bonds. The largest absolute Gasteiger partial charge is 0.442 e. The van der Waals surface area contributed by atoms with Crippen molar-refractivity contribution in [3.05, 3.63) is 24.0 Å². The predicted molar refractivity (Wildman–Crippen MR) is 86.9 cm³/mol. The summed E-state index contributed by atoms with van der Waals surface area (Å²) in [5, 5.41) is 2.24. The summed E-state index contributed by atoms with van der Waals surface area (Å²) in [5.41, 5.74) is 0.991. The van der Waals surface area contributed by atoms with Crippen molar-refractivity contribution >= 4 is 34.8 Å². The van der Waals surface area contributed by atoms with Gasteiger partial charge in [0.25, 0.3) is 0 Å². The first kappa shape index (κ1) is 15.9. The lowest BCUT2D eigenvalue weighted by molar-refractivity contribution is 0.122. The highest BCUT2D eigenvalue weighted by molar-refractivity contribution is 7.78. The summed E-state index contributed by atoms with van der Waals surface area (Å²) in [6, 6.07) is 4.77. The first-order chi connectivity index (χ1) is 11.2. The average molecular weight is 337 g/mol. The van der Waals surface area contributed by atoms with Gasteiger partial charge >= 0.3 is 6.09 Å². The van der Waals surface area contributed by atoms with Crippen LogP contribution in [0.4, 0.5) is 20.6 Å². The zero-order valence-corrected chi connectivity index (χ0v) is 13.2. The Labute approximate surface area is 138 Å². The fourth-order valence-electron chi connectivity index (χ4n) is 2.69. The van der Waals surface area contributed by atoms with E-state index in [0.29, 0.717) is 44.2 Å². The number of anilines is 2. The van der Waals surface area contributed by atoms with Gasteiger partial charge in [0.15, 0.2) is 0 Å². The SMILES string of the molecule is O=C1O[C@@H](CN=C=S)CN1c1ccc(N2CCOCC2)c(F)c1. The number of amides is 1. The highest BCUT2D eigenvalue weighted by atomic mass is 32.1. The van der Waals surface area contributed by atoms with Gasteiger partial charge in [-0.25, -0.2) is 14.2 Å². The Morgan fingerprint density at radius 1 is 1.39 bits per heavy atom. The molecule has 122 valence electrons. The third-order valence-electron chi connectivity index (χ3n) is 3.83. The molecule has 6 nitrogen and oxygen atoms in total. The van der Waals surface area contributed by atoms with Crippen molar-refractivity contribution < 1.29 is 18.7 Å². The number of rotatable bonds is 4. The molecule has 0 N–H and O–H groups in total. The molecule has 0 aliphatic carbocycles. The molecule has 3 rings (SSSR count). The van der Waals surface area contributed by atoms with E-state index in [1.54, 1.807) is 12.1 Å². The number of ether oxygens (including phenoxy) is 2. The molecule has 0 unspecified atom stereocenters. The predicted octanol–water partition coefficient (Wildman–Crippen LogP) is 2.09. The van der Waals surface area contributed by atoms with Gasteiger partial charge in [-0.2, -0.15) is 0 Å². The second kappa shape index (κ2) is 7.04. The maximum atomic E-state index is 14.4. The van der Waals surface area contributed by atoms with E-state index in [1.165, 1.54) is 11.0 Å². The van der Waals surface area contributed by atoms with Gasteiger partial charge in [0.05, 0.1) is 42.8 Å². The zero-order chi connectivity index (χ0) is 16.2. The molecule has 2 saturated heterocycles. The third-order valence-corrected chi connectivity index (χ3v) is 3.96. The lowest BCUT2D eigenvalue weighted by Crippen LogP contribution is -2.36. The summed E-state index contributed by atoms with van der Waals surface area (Å²) in [7, 11) is 0. The van der Waals surface area contributed by atoms with Crippen LogP contribution in [0, 0.1) is 5.82 Å². The van der Waals surface area contributed by atoms with Crippen molar-refractivity contribution in [1.82, 2.24) is 0 Å². The molecular formula is C15H16FN3O3S. The van der Waals surface area contributed by atoms with Crippen molar-refractivity contribution in [2.45, 2.75) is 6.10 Å². The number of benzene rings is 1. The molecule has 1 atom stereocenters. The summed E-state index contributed by atoms with van der Waals surface area (Å²) in [4.78, 5) is 19.0. The summed E-state index contributed by atoms with van der Waals surface area (Å²) >= 11 is 4.50. The fraction of sp³-hybridized carbons (Fsp3) is 0.467. The van der Waals surface area contributed by atoms with E-state index in [1.807, 2.05) is 4.90 Å². The molecule has 0 bridgehead atoms. The number of nitrogens with zero attached hydrogens (tertiary/aromatic N) is 3. The summed E-state index contributed by atoms with van der Waals surface area (Å²) in [5.74, 6) is -0.363. The van der Waals surface area contributed by atoms with Crippen LogP contribution in [-0.4, -0.2) is 56.8 Å². The lowest BCUT2D eigenvalue weighted by atomic mass is 10.2. The second-order valence-corrected chi connectivity index (χ2v) is 5.47. The summed E-state index contributed by atoms with van der Waals surface area (Å²) in [6.45, 7) is 3.05. The van der Waals surface area contributed by atoms with Crippen LogP contribution in [0.15, 0.2) is 23.2 Å². The van der Waals surface area contributed by atoms with Crippen molar-refractivity contribution in [1.29, 1.82) is 0 Å². The van der Waals surface area contributed by atoms with Gasteiger partial charge in [-0.05, 0) is 30.4 Å². The number of hydrogen-bond acceptors (Lipinski definition) is 6. The van der Waals surface area contributed by atoms with Crippen LogP contribution in [0.25, 0.3) is 0 Å². The molecule has 1 aromatic rings. The molecule has 2 aliphatic heterocycles. The monoisotopic (exact) mass is 337 g/mol. The first-order valence-corrected chi connectivity index (χ1v) is 7.74. The van der Waals surface area contributed by atoms with E-state index in [9.17, 15) is 9.18 Å². The second-order valence-electron chi connectivity index (χ2n) is 5.28. The Morgan fingerprint density at radius 2 is 2.17 bits per heavy atom. The molecule has 0 saturated carbocycles. The lowest BCUT2D eigenvalue weighted by Gasteiger charge is -2.29. The van der Waals surface area contributed by atoms with Gasteiger partial charge in [0.2, 0.25) is 0 Å². The van der Waals surface area contributed by atoms with Crippen LogP contribution in [0.1, 0.15) is 0 Å². The maximum absolute atomic E-state index is 14.4. The van der Waals surface area contributed by atoms with Crippen molar-refractivity contribution in [2.75, 3.05) is 49.2 Å². The number of halogens is 1. The molecule has 0 spiro atoms. The van der Waals surface area contributed by atoms with Crippen LogP contribution < -0.4 is 9.80 Å². The number of aliphatic imine (C=N–C) groups is 1. The van der Waals surface area contributed by atoms with Crippen LogP contribution in [0.3, 0.4) is 0 Å². The van der Waals surface area contributed by atoms with Crippen molar-refractivity contribution in [3.8, 4) is 0 Å². The number of isothiocyanates is 1. The van der Waals surface area contributed by atoms with Crippen molar-refractivity contribution in [2.24, 2.45) is 4.99 Å². The van der Waals surface area contributed by atoms with Gasteiger partial charge in [-0.3, -0.25) is 4.90 Å². The van der Waals surface area contributed by atoms with E-state index in [0.717, 1.165) is 0 Å². The van der Waals surface area contributed by atoms with Crippen LogP contribution in [0.5, 0.6) is 0 Å². The third kappa shape index (κ3) is 3.50. The summed E-state index contributed by atoms with van der Waals surface area (Å²) in [6.07, 6.45) is -0.895. The Kier molecular flexibility index (Phi) is 4.85. The smallest absolute Gasteiger partial charge is 0.414 e. The van der Waals surface area contributed by atoms with Gasteiger partial charge in [-0.15, -0.1) is 0 Å². The van der Waals surface area contributed by atoms with E-state index in [4.69, 9.17) is 9.47 Å². The van der Waals surface area contributed by atoms with Gasteiger partial charge in [0.1, 0.15) is 11.9 Å². The average Bonchev–Trinajstić information content (AvgIpc) is 2.94. The Balaban J connectivity index is 1.74. The molecule has 0 aromatic heterocycles. The number of hydrogen-bond donors (Lipinski definition) is 0. The normalized spacial score (nSPS) is 21.1. The Morgan fingerprint density at radius 3 is 2.87 bits per heavy atom. The minimum absolute atomic E-state index is 0.264. The molecule has 23 heavy (non-hydrogen) atoms. The first-order valence-electron chi connectivity index (χ1n) is 7.33.